The van der Waals surface area contributed by atoms with Gasteiger partial charge in [0.2, 0.25) is 5.88 Å². The highest BCUT2D eigenvalue weighted by atomic mass is 16.5. The lowest BCUT2D eigenvalue weighted by molar-refractivity contribution is 0.295. The number of aromatic nitrogens is 2. The standard InChI is InChI=1S/C13H22N4O/c1-9-12(13(18-3)16(2)15-9)8-17-6-10-4-14-5-11(10)7-17/h10-11,14H,4-8H2,1-3H3. The zero-order valence-corrected chi connectivity index (χ0v) is 11.4. The van der Waals surface area contributed by atoms with Crippen molar-refractivity contribution in [3.63, 3.8) is 0 Å². The minimum absolute atomic E-state index is 0.841. The molecule has 1 aromatic rings. The predicted molar refractivity (Wildman–Crippen MR) is 69.6 cm³/mol. The number of aryl methyl sites for hydroxylation is 2. The molecule has 2 aliphatic rings. The number of nitrogens with one attached hydrogen (secondary N) is 1. The van der Waals surface area contributed by atoms with Gasteiger partial charge in [-0.2, -0.15) is 5.10 Å². The highest BCUT2D eigenvalue weighted by Gasteiger charge is 2.36. The molecular formula is C13H22N4O. The van der Waals surface area contributed by atoms with Gasteiger partial charge >= 0.3 is 0 Å². The normalized spacial score (nSPS) is 27.7. The molecule has 0 radical (unpaired) electrons. The first kappa shape index (κ1) is 12.0. The summed E-state index contributed by atoms with van der Waals surface area (Å²) in [6.07, 6.45) is 0. The summed E-state index contributed by atoms with van der Waals surface area (Å²) in [5.41, 5.74) is 2.33. The molecule has 0 bridgehead atoms. The summed E-state index contributed by atoms with van der Waals surface area (Å²) in [6, 6.07) is 0. The Kier molecular flexibility index (Phi) is 3.03. The van der Waals surface area contributed by atoms with E-state index in [1.54, 1.807) is 7.11 Å². The van der Waals surface area contributed by atoms with Crippen LogP contribution < -0.4 is 10.1 Å². The van der Waals surface area contributed by atoms with Crippen molar-refractivity contribution in [2.45, 2.75) is 13.5 Å². The van der Waals surface area contributed by atoms with Crippen LogP contribution in [-0.2, 0) is 13.6 Å². The molecule has 3 rings (SSSR count). The molecule has 2 atom stereocenters. The van der Waals surface area contributed by atoms with Gasteiger partial charge < -0.3 is 10.1 Å². The number of fused-ring (bicyclic) bond motifs is 1. The van der Waals surface area contributed by atoms with Gasteiger partial charge in [-0.25, -0.2) is 4.68 Å². The molecule has 1 aromatic heterocycles. The third-order valence-electron chi connectivity index (χ3n) is 4.33. The molecule has 0 amide bonds. The molecule has 2 aliphatic heterocycles. The Labute approximate surface area is 108 Å². The van der Waals surface area contributed by atoms with Crippen LogP contribution in [0.5, 0.6) is 5.88 Å². The summed E-state index contributed by atoms with van der Waals surface area (Å²) in [6.45, 7) is 7.81. The Hall–Kier alpha value is -1.07. The van der Waals surface area contributed by atoms with E-state index >= 15 is 0 Å². The average molecular weight is 250 g/mol. The van der Waals surface area contributed by atoms with Crippen molar-refractivity contribution in [2.75, 3.05) is 33.3 Å². The summed E-state index contributed by atoms with van der Waals surface area (Å²) in [5.74, 6) is 2.59. The fourth-order valence-corrected chi connectivity index (χ4v) is 3.42. The van der Waals surface area contributed by atoms with Crippen LogP contribution in [0.3, 0.4) is 0 Å². The van der Waals surface area contributed by atoms with Crippen LogP contribution in [-0.4, -0.2) is 48.0 Å². The van der Waals surface area contributed by atoms with Gasteiger partial charge in [-0.15, -0.1) is 0 Å². The number of likely N-dealkylation sites (tertiary alicyclic amines) is 1. The molecule has 18 heavy (non-hydrogen) atoms. The van der Waals surface area contributed by atoms with Gasteiger partial charge in [0.05, 0.1) is 18.4 Å². The number of methoxy groups -OCH3 is 1. The molecule has 3 heterocycles. The van der Waals surface area contributed by atoms with Crippen LogP contribution >= 0.6 is 0 Å². The molecule has 5 nitrogen and oxygen atoms in total. The summed E-state index contributed by atoms with van der Waals surface area (Å²) in [5, 5.41) is 7.93. The minimum atomic E-state index is 0.841. The van der Waals surface area contributed by atoms with E-state index in [0.29, 0.717) is 0 Å². The van der Waals surface area contributed by atoms with Gasteiger partial charge in [0.25, 0.3) is 0 Å². The number of ether oxygens (including phenoxy) is 1. The second-order valence-corrected chi connectivity index (χ2v) is 5.57. The summed E-state index contributed by atoms with van der Waals surface area (Å²) < 4.78 is 7.30. The molecule has 0 saturated carbocycles. The van der Waals surface area contributed by atoms with E-state index in [4.69, 9.17) is 4.74 Å². The largest absolute Gasteiger partial charge is 0.481 e. The summed E-state index contributed by atoms with van der Waals surface area (Å²) >= 11 is 0. The Bertz CT molecular complexity index is 430. The lowest BCUT2D eigenvalue weighted by Crippen LogP contribution is -2.25. The first-order chi connectivity index (χ1) is 8.69. The zero-order chi connectivity index (χ0) is 12.7. The van der Waals surface area contributed by atoms with Crippen molar-refractivity contribution in [3.8, 4) is 5.88 Å². The van der Waals surface area contributed by atoms with Crippen LogP contribution in [0.15, 0.2) is 0 Å². The van der Waals surface area contributed by atoms with Gasteiger partial charge in [0.15, 0.2) is 0 Å². The van der Waals surface area contributed by atoms with E-state index in [2.05, 4.69) is 22.2 Å². The smallest absolute Gasteiger partial charge is 0.216 e. The summed E-state index contributed by atoms with van der Waals surface area (Å²) in [7, 11) is 3.67. The molecule has 0 aromatic carbocycles. The second-order valence-electron chi connectivity index (χ2n) is 5.57. The molecular weight excluding hydrogens is 228 g/mol. The Morgan fingerprint density at radius 3 is 2.61 bits per heavy atom. The quantitative estimate of drug-likeness (QED) is 0.842. The van der Waals surface area contributed by atoms with Crippen molar-refractivity contribution in [3.05, 3.63) is 11.3 Å². The lowest BCUT2D eigenvalue weighted by Gasteiger charge is -2.17. The number of hydrogen-bond acceptors (Lipinski definition) is 4. The van der Waals surface area contributed by atoms with Crippen molar-refractivity contribution in [1.82, 2.24) is 20.0 Å². The van der Waals surface area contributed by atoms with Crippen LogP contribution in [0.25, 0.3) is 0 Å². The maximum absolute atomic E-state index is 5.46. The van der Waals surface area contributed by atoms with Crippen LogP contribution in [0.4, 0.5) is 0 Å². The van der Waals surface area contributed by atoms with Crippen molar-refractivity contribution < 1.29 is 4.74 Å². The molecule has 0 spiro atoms. The number of nitrogens with zero attached hydrogens (tertiary/aromatic N) is 3. The molecule has 1 N–H and O–H groups in total. The van der Waals surface area contributed by atoms with E-state index in [1.807, 2.05) is 11.7 Å². The third kappa shape index (κ3) is 1.91. The lowest BCUT2D eigenvalue weighted by atomic mass is 10.0. The molecule has 2 fully saturated rings. The molecule has 100 valence electrons. The van der Waals surface area contributed by atoms with E-state index in [1.165, 1.54) is 31.7 Å². The third-order valence-corrected chi connectivity index (χ3v) is 4.33. The van der Waals surface area contributed by atoms with Crippen LogP contribution in [0, 0.1) is 18.8 Å². The van der Waals surface area contributed by atoms with Crippen molar-refractivity contribution >= 4 is 0 Å². The van der Waals surface area contributed by atoms with Gasteiger partial charge in [-0.1, -0.05) is 0 Å². The average Bonchev–Trinajstić information content (AvgIpc) is 2.94. The highest BCUT2D eigenvalue weighted by Crippen LogP contribution is 2.30. The fraction of sp³-hybridized carbons (Fsp3) is 0.769. The fourth-order valence-electron chi connectivity index (χ4n) is 3.42. The maximum Gasteiger partial charge on any atom is 0.216 e. The SMILES string of the molecule is COc1c(CN2CC3CNCC3C2)c(C)nn1C. The minimum Gasteiger partial charge on any atom is -0.481 e. The van der Waals surface area contributed by atoms with Gasteiger partial charge in [-0.05, 0) is 31.8 Å². The van der Waals surface area contributed by atoms with Crippen molar-refractivity contribution in [2.24, 2.45) is 18.9 Å². The van der Waals surface area contributed by atoms with Crippen molar-refractivity contribution in [1.29, 1.82) is 0 Å². The van der Waals surface area contributed by atoms with Crippen LogP contribution in [0.1, 0.15) is 11.3 Å². The summed E-state index contributed by atoms with van der Waals surface area (Å²) in [4.78, 5) is 2.54. The first-order valence-electron chi connectivity index (χ1n) is 6.68. The zero-order valence-electron chi connectivity index (χ0n) is 11.4. The molecule has 2 saturated heterocycles. The highest BCUT2D eigenvalue weighted by molar-refractivity contribution is 5.31. The second kappa shape index (κ2) is 4.55. The molecule has 5 heteroatoms. The van der Waals surface area contributed by atoms with Gasteiger partial charge in [0, 0.05) is 26.7 Å². The first-order valence-corrected chi connectivity index (χ1v) is 6.68. The number of hydrogen-bond donors (Lipinski definition) is 1. The van der Waals surface area contributed by atoms with Gasteiger partial charge in [0.1, 0.15) is 0 Å². The van der Waals surface area contributed by atoms with E-state index in [9.17, 15) is 0 Å². The molecule has 0 aliphatic carbocycles. The topological polar surface area (TPSA) is 42.3 Å². The van der Waals surface area contributed by atoms with E-state index in [0.717, 1.165) is 30.0 Å². The van der Waals surface area contributed by atoms with Gasteiger partial charge in [-0.3, -0.25) is 4.90 Å². The number of rotatable bonds is 3. The Morgan fingerprint density at radius 2 is 2.00 bits per heavy atom. The van der Waals surface area contributed by atoms with E-state index < -0.39 is 0 Å². The molecule has 2 unspecified atom stereocenters. The van der Waals surface area contributed by atoms with Crippen LogP contribution in [0.2, 0.25) is 0 Å². The Morgan fingerprint density at radius 1 is 1.33 bits per heavy atom. The van der Waals surface area contributed by atoms with E-state index in [-0.39, 0.29) is 0 Å². The maximum atomic E-state index is 5.46. The predicted octanol–water partition coefficient (Wildman–Crippen LogP) is 0.388. The Balaban J connectivity index is 1.73. The monoisotopic (exact) mass is 250 g/mol.